The first-order valence-electron chi connectivity index (χ1n) is 7.84. The molecule has 0 radical (unpaired) electrons. The van der Waals surface area contributed by atoms with Gasteiger partial charge in [-0.05, 0) is 49.7 Å². The molecule has 1 amide bonds. The Morgan fingerprint density at radius 1 is 1.00 bits per heavy atom. The average Bonchev–Trinajstić information content (AvgIpc) is 2.63. The van der Waals surface area contributed by atoms with Crippen molar-refractivity contribution in [1.29, 1.82) is 0 Å². The van der Waals surface area contributed by atoms with Crippen molar-refractivity contribution in [2.45, 2.75) is 13.3 Å². The number of amidine groups is 1. The maximum atomic E-state index is 12.7. The number of nitrogens with zero attached hydrogens (tertiary/aromatic N) is 2. The molecule has 0 unspecified atom stereocenters. The number of carbonyl (C=O) groups excluding carboxylic acids is 2. The molecule has 2 aromatic rings. The molecule has 0 aliphatic carbocycles. The maximum Gasteiger partial charge on any atom is 0.259 e. The lowest BCUT2D eigenvalue weighted by Gasteiger charge is -2.27. The lowest BCUT2D eigenvalue weighted by Crippen LogP contribution is -2.39. The molecule has 0 spiro atoms. The molecule has 3 rings (SSSR count). The Kier molecular flexibility index (Phi) is 5.11. The number of carbonyl (C=O) groups is 2. The average molecular weight is 338 g/mol. The van der Waals surface area contributed by atoms with Gasteiger partial charge in [0.1, 0.15) is 0 Å². The van der Waals surface area contributed by atoms with Crippen molar-refractivity contribution in [3.05, 3.63) is 65.7 Å². The summed E-state index contributed by atoms with van der Waals surface area (Å²) in [5, 5.41) is 0.714. The number of thioether (sulfide) groups is 1. The number of aliphatic imine (C=N–C) groups is 1. The van der Waals surface area contributed by atoms with E-state index in [1.54, 1.807) is 28.8 Å². The fraction of sp³-hybridized carbons (Fsp3) is 0.211. The minimum atomic E-state index is -0.0260. The molecule has 4 nitrogen and oxygen atoms in total. The fourth-order valence-corrected chi connectivity index (χ4v) is 3.41. The Morgan fingerprint density at radius 3 is 2.38 bits per heavy atom. The number of benzene rings is 2. The van der Waals surface area contributed by atoms with Gasteiger partial charge in [0.15, 0.2) is 11.0 Å². The van der Waals surface area contributed by atoms with Crippen LogP contribution in [0.15, 0.2) is 59.6 Å². The number of hydrogen-bond donors (Lipinski definition) is 0. The molecule has 0 saturated carbocycles. The second-order valence-electron chi connectivity index (χ2n) is 5.52. The van der Waals surface area contributed by atoms with Crippen molar-refractivity contribution < 1.29 is 9.59 Å². The van der Waals surface area contributed by atoms with Gasteiger partial charge in [-0.1, -0.05) is 30.0 Å². The van der Waals surface area contributed by atoms with Crippen LogP contribution in [0.1, 0.15) is 34.1 Å². The van der Waals surface area contributed by atoms with E-state index in [-0.39, 0.29) is 11.7 Å². The van der Waals surface area contributed by atoms with E-state index in [1.807, 2.05) is 42.5 Å². The Morgan fingerprint density at radius 2 is 1.71 bits per heavy atom. The minimum Gasteiger partial charge on any atom is -0.295 e. The molecule has 1 aliphatic heterocycles. The van der Waals surface area contributed by atoms with Gasteiger partial charge in [-0.3, -0.25) is 14.5 Å². The summed E-state index contributed by atoms with van der Waals surface area (Å²) >= 11 is 1.59. The summed E-state index contributed by atoms with van der Waals surface area (Å²) in [6.07, 6.45) is 0.950. The van der Waals surface area contributed by atoms with E-state index < -0.39 is 0 Å². The standard InChI is InChI=1S/C19H18N2O2S/c1-14(22)15-8-10-17(11-9-15)20-19-21(12-5-13-24-19)18(23)16-6-3-2-4-7-16/h2-4,6-11H,5,12-13H2,1H3. The smallest absolute Gasteiger partial charge is 0.259 e. The largest absolute Gasteiger partial charge is 0.295 e. The monoisotopic (exact) mass is 338 g/mol. The molecule has 5 heteroatoms. The van der Waals surface area contributed by atoms with E-state index in [9.17, 15) is 9.59 Å². The summed E-state index contributed by atoms with van der Waals surface area (Å²) in [6, 6.07) is 16.4. The van der Waals surface area contributed by atoms with Crippen molar-refractivity contribution in [2.75, 3.05) is 12.3 Å². The third-order valence-electron chi connectivity index (χ3n) is 3.75. The zero-order valence-electron chi connectivity index (χ0n) is 13.4. The summed E-state index contributed by atoms with van der Waals surface area (Å²) in [5.41, 5.74) is 2.07. The van der Waals surface area contributed by atoms with E-state index in [4.69, 9.17) is 0 Å². The number of Topliss-reactive ketones (excluding diaryl/α,β-unsaturated/α-hetero) is 1. The normalized spacial score (nSPS) is 16.2. The van der Waals surface area contributed by atoms with Gasteiger partial charge in [-0.25, -0.2) is 4.99 Å². The molecule has 0 aromatic heterocycles. The second kappa shape index (κ2) is 7.45. The molecule has 1 saturated heterocycles. The van der Waals surface area contributed by atoms with E-state index in [0.717, 1.165) is 17.9 Å². The molecule has 0 bridgehead atoms. The molecule has 0 N–H and O–H groups in total. The highest BCUT2D eigenvalue weighted by atomic mass is 32.2. The zero-order valence-corrected chi connectivity index (χ0v) is 14.3. The lowest BCUT2D eigenvalue weighted by molar-refractivity contribution is 0.0849. The van der Waals surface area contributed by atoms with Gasteiger partial charge in [0.05, 0.1) is 5.69 Å². The van der Waals surface area contributed by atoms with Crippen LogP contribution in [0.3, 0.4) is 0 Å². The summed E-state index contributed by atoms with van der Waals surface area (Å²) in [5.74, 6) is 0.951. The molecule has 1 aliphatic rings. The van der Waals surface area contributed by atoms with Crippen LogP contribution >= 0.6 is 11.8 Å². The third-order valence-corrected chi connectivity index (χ3v) is 4.82. The summed E-state index contributed by atoms with van der Waals surface area (Å²) in [6.45, 7) is 2.21. The lowest BCUT2D eigenvalue weighted by atomic mass is 10.1. The second-order valence-corrected chi connectivity index (χ2v) is 6.58. The highest BCUT2D eigenvalue weighted by Gasteiger charge is 2.24. The van der Waals surface area contributed by atoms with Crippen molar-refractivity contribution in [1.82, 2.24) is 4.90 Å². The molecular formula is C19H18N2O2S. The Hall–Kier alpha value is -2.40. The fourth-order valence-electron chi connectivity index (χ4n) is 2.46. The van der Waals surface area contributed by atoms with Crippen molar-refractivity contribution in [3.8, 4) is 0 Å². The van der Waals surface area contributed by atoms with E-state index in [1.165, 1.54) is 6.92 Å². The van der Waals surface area contributed by atoms with Gasteiger partial charge in [-0.15, -0.1) is 0 Å². The van der Waals surface area contributed by atoms with Crippen LogP contribution in [-0.4, -0.2) is 34.1 Å². The predicted molar refractivity (Wildman–Crippen MR) is 98.1 cm³/mol. The first-order chi connectivity index (χ1) is 11.6. The third kappa shape index (κ3) is 3.74. The van der Waals surface area contributed by atoms with Crippen LogP contribution < -0.4 is 0 Å². The van der Waals surface area contributed by atoms with Crippen LogP contribution in [0, 0.1) is 0 Å². The van der Waals surface area contributed by atoms with Crippen LogP contribution in [0.4, 0.5) is 5.69 Å². The molecule has 24 heavy (non-hydrogen) atoms. The number of amides is 1. The molecule has 0 atom stereocenters. The van der Waals surface area contributed by atoms with Crippen molar-refractivity contribution in [2.24, 2.45) is 4.99 Å². The highest BCUT2D eigenvalue weighted by molar-refractivity contribution is 8.13. The van der Waals surface area contributed by atoms with E-state index >= 15 is 0 Å². The van der Waals surface area contributed by atoms with Crippen molar-refractivity contribution >= 4 is 34.3 Å². The molecule has 2 aromatic carbocycles. The molecule has 1 heterocycles. The van der Waals surface area contributed by atoms with Crippen molar-refractivity contribution in [3.63, 3.8) is 0 Å². The number of hydrogen-bond acceptors (Lipinski definition) is 4. The van der Waals surface area contributed by atoms with Gasteiger partial charge >= 0.3 is 0 Å². The van der Waals surface area contributed by atoms with Crippen LogP contribution in [-0.2, 0) is 0 Å². The van der Waals surface area contributed by atoms with Crippen LogP contribution in [0.25, 0.3) is 0 Å². The predicted octanol–water partition coefficient (Wildman–Crippen LogP) is 4.16. The Labute approximate surface area is 145 Å². The molecule has 122 valence electrons. The van der Waals surface area contributed by atoms with Gasteiger partial charge < -0.3 is 0 Å². The Balaban J connectivity index is 1.86. The zero-order chi connectivity index (χ0) is 16.9. The summed E-state index contributed by atoms with van der Waals surface area (Å²) < 4.78 is 0. The van der Waals surface area contributed by atoms with Crippen LogP contribution in [0.5, 0.6) is 0 Å². The van der Waals surface area contributed by atoms with Gasteiger partial charge in [0.2, 0.25) is 0 Å². The summed E-state index contributed by atoms with van der Waals surface area (Å²) in [4.78, 5) is 30.4. The van der Waals surface area contributed by atoms with Gasteiger partial charge in [-0.2, -0.15) is 0 Å². The number of rotatable bonds is 3. The van der Waals surface area contributed by atoms with Gasteiger partial charge in [0, 0.05) is 23.4 Å². The maximum absolute atomic E-state index is 12.7. The van der Waals surface area contributed by atoms with E-state index in [0.29, 0.717) is 22.8 Å². The van der Waals surface area contributed by atoms with Crippen LogP contribution in [0.2, 0.25) is 0 Å². The molecular weight excluding hydrogens is 320 g/mol. The highest BCUT2D eigenvalue weighted by Crippen LogP contribution is 2.24. The first-order valence-corrected chi connectivity index (χ1v) is 8.83. The SMILES string of the molecule is CC(=O)c1ccc(N=C2SCCCN2C(=O)c2ccccc2)cc1. The Bertz CT molecular complexity index is 770. The first kappa shape index (κ1) is 16.5. The quantitative estimate of drug-likeness (QED) is 0.790. The molecule has 1 fully saturated rings. The van der Waals surface area contributed by atoms with Gasteiger partial charge in [0.25, 0.3) is 5.91 Å². The summed E-state index contributed by atoms with van der Waals surface area (Å²) in [7, 11) is 0. The topological polar surface area (TPSA) is 49.7 Å². The minimum absolute atomic E-state index is 0.0260. The van der Waals surface area contributed by atoms with E-state index in [2.05, 4.69) is 4.99 Å². The number of ketones is 1.